The number of thiophene rings is 1. The summed E-state index contributed by atoms with van der Waals surface area (Å²) in [5.74, 6) is -0.470. The predicted molar refractivity (Wildman–Crippen MR) is 124 cm³/mol. The molecule has 33 heavy (non-hydrogen) atoms. The maximum absolute atomic E-state index is 13.2. The van der Waals surface area contributed by atoms with E-state index in [1.165, 1.54) is 23.5 Å². The molecule has 1 atom stereocenters. The molecule has 3 N–H and O–H groups in total. The Bertz CT molecular complexity index is 1300. The van der Waals surface area contributed by atoms with E-state index >= 15 is 0 Å². The van der Waals surface area contributed by atoms with Crippen LogP contribution in [0.5, 0.6) is 11.5 Å². The topological polar surface area (TPSA) is 125 Å². The lowest BCUT2D eigenvalue weighted by Gasteiger charge is -2.24. The molecule has 0 bridgehead atoms. The van der Waals surface area contributed by atoms with Crippen molar-refractivity contribution in [1.82, 2.24) is 0 Å². The van der Waals surface area contributed by atoms with Crippen LogP contribution in [0.1, 0.15) is 29.7 Å². The molecule has 1 aliphatic heterocycles. The normalized spacial score (nSPS) is 15.4. The SMILES string of the molecule is CCOc1cc([C@@H]2CC(=O)Nc3c(S(=O)(=O)c4ccccc4)csc32)ccc1OCC(N)=O. The van der Waals surface area contributed by atoms with Gasteiger partial charge in [-0.05, 0) is 36.8 Å². The Morgan fingerprint density at radius 1 is 1.15 bits per heavy atom. The molecule has 0 radical (unpaired) electrons. The second-order valence-electron chi connectivity index (χ2n) is 7.35. The van der Waals surface area contributed by atoms with Gasteiger partial charge in [0.15, 0.2) is 18.1 Å². The van der Waals surface area contributed by atoms with Crippen molar-refractivity contribution in [2.45, 2.75) is 29.1 Å². The van der Waals surface area contributed by atoms with Gasteiger partial charge in [0.1, 0.15) is 4.90 Å². The number of nitrogens with one attached hydrogen (secondary N) is 1. The number of fused-ring (bicyclic) bond motifs is 1. The maximum atomic E-state index is 13.2. The van der Waals surface area contributed by atoms with E-state index in [4.69, 9.17) is 15.2 Å². The van der Waals surface area contributed by atoms with Crippen molar-refractivity contribution in [3.8, 4) is 11.5 Å². The monoisotopic (exact) mass is 486 g/mol. The highest BCUT2D eigenvalue weighted by atomic mass is 32.2. The minimum atomic E-state index is -3.80. The van der Waals surface area contributed by atoms with Crippen LogP contribution in [-0.4, -0.2) is 33.4 Å². The van der Waals surface area contributed by atoms with Gasteiger partial charge < -0.3 is 20.5 Å². The van der Waals surface area contributed by atoms with Crippen molar-refractivity contribution in [3.05, 3.63) is 64.4 Å². The number of benzene rings is 2. The van der Waals surface area contributed by atoms with Gasteiger partial charge >= 0.3 is 0 Å². The summed E-state index contributed by atoms with van der Waals surface area (Å²) in [6, 6.07) is 13.3. The van der Waals surface area contributed by atoms with Crippen LogP contribution >= 0.6 is 11.3 Å². The molecule has 0 saturated carbocycles. The first kappa shape index (κ1) is 22.8. The van der Waals surface area contributed by atoms with E-state index in [0.29, 0.717) is 23.8 Å². The smallest absolute Gasteiger partial charge is 0.255 e. The number of carbonyl (C=O) groups is 2. The highest BCUT2D eigenvalue weighted by Crippen LogP contribution is 2.47. The number of ether oxygens (including phenoxy) is 2. The summed E-state index contributed by atoms with van der Waals surface area (Å²) in [4.78, 5) is 24.6. The Balaban J connectivity index is 1.74. The lowest BCUT2D eigenvalue weighted by atomic mass is 9.90. The molecule has 0 aliphatic carbocycles. The third-order valence-corrected chi connectivity index (χ3v) is 8.18. The maximum Gasteiger partial charge on any atom is 0.255 e. The van der Waals surface area contributed by atoms with Crippen molar-refractivity contribution in [2.75, 3.05) is 18.5 Å². The van der Waals surface area contributed by atoms with E-state index in [1.807, 2.05) is 6.92 Å². The molecule has 2 heterocycles. The average molecular weight is 487 g/mol. The van der Waals surface area contributed by atoms with Crippen LogP contribution in [0, 0.1) is 0 Å². The van der Waals surface area contributed by atoms with Crippen LogP contribution in [0.15, 0.2) is 63.7 Å². The van der Waals surface area contributed by atoms with Gasteiger partial charge in [0.05, 0.1) is 17.2 Å². The molecule has 1 aliphatic rings. The van der Waals surface area contributed by atoms with E-state index in [-0.39, 0.29) is 34.6 Å². The zero-order valence-corrected chi connectivity index (χ0v) is 19.4. The molecule has 0 unspecified atom stereocenters. The highest BCUT2D eigenvalue weighted by molar-refractivity contribution is 7.91. The van der Waals surface area contributed by atoms with Crippen molar-refractivity contribution in [3.63, 3.8) is 0 Å². The fourth-order valence-corrected chi connectivity index (χ4v) is 6.60. The molecule has 10 heteroatoms. The van der Waals surface area contributed by atoms with Gasteiger partial charge in [-0.25, -0.2) is 8.42 Å². The van der Waals surface area contributed by atoms with Gasteiger partial charge in [0.25, 0.3) is 5.91 Å². The molecular weight excluding hydrogens is 464 g/mol. The minimum absolute atomic E-state index is 0.0817. The minimum Gasteiger partial charge on any atom is -0.490 e. The Labute approximate surface area is 195 Å². The number of sulfone groups is 1. The summed E-state index contributed by atoms with van der Waals surface area (Å²) < 4.78 is 37.5. The van der Waals surface area contributed by atoms with Gasteiger partial charge in [-0.3, -0.25) is 9.59 Å². The van der Waals surface area contributed by atoms with Crippen molar-refractivity contribution >= 4 is 38.7 Å². The van der Waals surface area contributed by atoms with E-state index in [1.54, 1.807) is 41.8 Å². The molecule has 172 valence electrons. The zero-order chi connectivity index (χ0) is 23.6. The summed E-state index contributed by atoms with van der Waals surface area (Å²) in [7, 11) is -3.80. The third-order valence-electron chi connectivity index (χ3n) is 5.14. The average Bonchev–Trinajstić information content (AvgIpc) is 3.23. The van der Waals surface area contributed by atoms with E-state index in [2.05, 4.69) is 5.32 Å². The molecule has 8 nitrogen and oxygen atoms in total. The zero-order valence-electron chi connectivity index (χ0n) is 17.7. The van der Waals surface area contributed by atoms with E-state index < -0.39 is 15.7 Å². The first-order valence-corrected chi connectivity index (χ1v) is 12.6. The van der Waals surface area contributed by atoms with Crippen molar-refractivity contribution < 1.29 is 27.5 Å². The lowest BCUT2D eigenvalue weighted by Crippen LogP contribution is -2.23. The van der Waals surface area contributed by atoms with Crippen LogP contribution in [0.2, 0.25) is 0 Å². The van der Waals surface area contributed by atoms with Crippen LogP contribution < -0.4 is 20.5 Å². The standard InChI is InChI=1S/C23H22N2O6S2/c1-2-30-18-10-14(8-9-17(18)31-12-20(24)26)16-11-21(27)25-22-19(13-32-23(16)22)33(28,29)15-6-4-3-5-7-15/h3-10,13,16H,2,11-12H2,1H3,(H2,24,26)(H,25,27)/t16-/m0/s1. The molecule has 0 saturated heterocycles. The quantitative estimate of drug-likeness (QED) is 0.503. The van der Waals surface area contributed by atoms with Gasteiger partial charge in [0, 0.05) is 22.6 Å². The molecule has 3 aromatic rings. The van der Waals surface area contributed by atoms with Crippen molar-refractivity contribution in [2.24, 2.45) is 5.73 Å². The second-order valence-corrected chi connectivity index (χ2v) is 10.2. The Hall–Kier alpha value is -3.37. The van der Waals surface area contributed by atoms with Crippen LogP contribution in [0.4, 0.5) is 5.69 Å². The molecule has 2 amide bonds. The largest absolute Gasteiger partial charge is 0.490 e. The third kappa shape index (κ3) is 4.57. The van der Waals surface area contributed by atoms with Crippen molar-refractivity contribution in [1.29, 1.82) is 0 Å². The number of primary amides is 1. The highest BCUT2D eigenvalue weighted by Gasteiger charge is 2.34. The van der Waals surface area contributed by atoms with Gasteiger partial charge in [-0.15, -0.1) is 11.3 Å². The molecule has 0 fully saturated rings. The van der Waals surface area contributed by atoms with Crippen LogP contribution in [-0.2, 0) is 19.4 Å². The Morgan fingerprint density at radius 3 is 2.61 bits per heavy atom. The molecule has 0 spiro atoms. The first-order valence-electron chi connectivity index (χ1n) is 10.2. The van der Waals surface area contributed by atoms with E-state index in [9.17, 15) is 18.0 Å². The number of hydrogen-bond donors (Lipinski definition) is 2. The van der Waals surface area contributed by atoms with Gasteiger partial charge in [-0.2, -0.15) is 0 Å². The summed E-state index contributed by atoms with van der Waals surface area (Å²) in [5.41, 5.74) is 6.25. The number of carbonyl (C=O) groups excluding carboxylic acids is 2. The predicted octanol–water partition coefficient (Wildman–Crippen LogP) is 3.32. The number of amides is 2. The summed E-state index contributed by atoms with van der Waals surface area (Å²) in [6.45, 7) is 1.89. The number of nitrogens with two attached hydrogens (primary N) is 1. The van der Waals surface area contributed by atoms with Gasteiger partial charge in [-0.1, -0.05) is 24.3 Å². The fraction of sp³-hybridized carbons (Fsp3) is 0.217. The number of hydrogen-bond acceptors (Lipinski definition) is 7. The first-order chi connectivity index (χ1) is 15.8. The molecule has 2 aromatic carbocycles. The summed E-state index contributed by atoms with van der Waals surface area (Å²) >= 11 is 1.29. The van der Waals surface area contributed by atoms with E-state index in [0.717, 1.165) is 10.4 Å². The second kappa shape index (κ2) is 9.24. The lowest BCUT2D eigenvalue weighted by molar-refractivity contribution is -0.120. The summed E-state index contributed by atoms with van der Waals surface area (Å²) in [5, 5.41) is 4.32. The Kier molecular flexibility index (Phi) is 6.39. The number of anilines is 1. The summed E-state index contributed by atoms with van der Waals surface area (Å²) in [6.07, 6.45) is 0.158. The van der Waals surface area contributed by atoms with Crippen LogP contribution in [0.25, 0.3) is 0 Å². The van der Waals surface area contributed by atoms with Crippen LogP contribution in [0.3, 0.4) is 0 Å². The number of rotatable bonds is 8. The molecule has 4 rings (SSSR count). The Morgan fingerprint density at radius 2 is 1.91 bits per heavy atom. The molecule has 1 aromatic heterocycles. The molecular formula is C23H22N2O6S2. The fourth-order valence-electron chi connectivity index (χ4n) is 3.68. The van der Waals surface area contributed by atoms with Gasteiger partial charge in [0.2, 0.25) is 15.7 Å².